The van der Waals surface area contributed by atoms with Gasteiger partial charge >= 0.3 is 5.69 Å². The fraction of sp³-hybridized carbons (Fsp3) is 0.750. The van der Waals surface area contributed by atoms with Crippen LogP contribution >= 0.6 is 0 Å². The first kappa shape index (κ1) is 26.8. The van der Waals surface area contributed by atoms with E-state index >= 15 is 0 Å². The summed E-state index contributed by atoms with van der Waals surface area (Å²) in [7, 11) is 3.45. The molecular formula is C24H42N6O3. The molecule has 0 aliphatic heterocycles. The second kappa shape index (κ2) is 13.3. The molecule has 0 spiro atoms. The summed E-state index contributed by atoms with van der Waals surface area (Å²) in [6.45, 7) is 4.86. The van der Waals surface area contributed by atoms with E-state index < -0.39 is 11.7 Å². The molecular weight excluding hydrogens is 420 g/mol. The number of nitrogens with zero attached hydrogens (tertiary/aromatic N) is 3. The lowest BCUT2D eigenvalue weighted by Gasteiger charge is -2.14. The van der Waals surface area contributed by atoms with Gasteiger partial charge in [-0.25, -0.2) is 9.78 Å². The summed E-state index contributed by atoms with van der Waals surface area (Å²) in [6, 6.07) is -0.391. The zero-order valence-corrected chi connectivity index (χ0v) is 20.8. The molecule has 4 N–H and O–H groups in total. The van der Waals surface area contributed by atoms with Crippen LogP contribution in [0.1, 0.15) is 83.9 Å². The summed E-state index contributed by atoms with van der Waals surface area (Å²) in [5, 5.41) is 2.94. The van der Waals surface area contributed by atoms with Crippen molar-refractivity contribution in [1.82, 2.24) is 24.4 Å². The zero-order valence-electron chi connectivity index (χ0n) is 20.8. The van der Waals surface area contributed by atoms with Crippen LogP contribution in [-0.4, -0.2) is 37.6 Å². The standard InChI is InChI=1S/C24H42N6O3/c1-17(2)16-18(25)22(31)26-15-13-11-9-7-5-6-8-10-12-14-19-27-21-20(29(19)3)23(32)28-24(33)30(21)4/h17-18H,5-16,25H2,1-4H3,(H,26,31)(H,28,32,33). The van der Waals surface area contributed by atoms with Crippen molar-refractivity contribution in [3.8, 4) is 0 Å². The van der Waals surface area contributed by atoms with Crippen LogP contribution in [0, 0.1) is 5.92 Å². The zero-order chi connectivity index (χ0) is 24.4. The van der Waals surface area contributed by atoms with Crippen molar-refractivity contribution in [3.05, 3.63) is 26.7 Å². The SMILES string of the molecule is CC(C)CC(N)C(=O)NCCCCCCCCCCCc1nc2c(c(=O)[nH]c(=O)n2C)n1C. The van der Waals surface area contributed by atoms with Crippen LogP contribution in [0.25, 0.3) is 11.2 Å². The van der Waals surface area contributed by atoms with Crippen LogP contribution in [-0.2, 0) is 25.3 Å². The Morgan fingerprint density at radius 1 is 0.970 bits per heavy atom. The molecule has 1 amide bonds. The van der Waals surface area contributed by atoms with Crippen LogP contribution in [0.3, 0.4) is 0 Å². The van der Waals surface area contributed by atoms with Gasteiger partial charge < -0.3 is 15.6 Å². The number of nitrogens with one attached hydrogen (secondary N) is 2. The Balaban J connectivity index is 1.53. The Morgan fingerprint density at radius 3 is 2.15 bits per heavy atom. The molecule has 0 saturated carbocycles. The Labute approximate surface area is 196 Å². The molecule has 1 unspecified atom stereocenters. The second-order valence-corrected chi connectivity index (χ2v) is 9.54. The van der Waals surface area contributed by atoms with E-state index in [1.165, 1.54) is 36.7 Å². The molecule has 0 aliphatic carbocycles. The molecule has 1 atom stereocenters. The van der Waals surface area contributed by atoms with Gasteiger partial charge in [-0.15, -0.1) is 0 Å². The van der Waals surface area contributed by atoms with Crippen molar-refractivity contribution in [1.29, 1.82) is 0 Å². The monoisotopic (exact) mass is 462 g/mol. The van der Waals surface area contributed by atoms with Crippen molar-refractivity contribution in [2.45, 2.75) is 90.5 Å². The third-order valence-electron chi connectivity index (χ3n) is 6.17. The minimum atomic E-state index is -0.437. The predicted octanol–water partition coefficient (Wildman–Crippen LogP) is 2.50. The number of H-pyrrole nitrogens is 1. The first-order chi connectivity index (χ1) is 15.7. The molecule has 33 heavy (non-hydrogen) atoms. The van der Waals surface area contributed by atoms with Crippen LogP contribution in [0.5, 0.6) is 0 Å². The number of aromatic amines is 1. The Morgan fingerprint density at radius 2 is 1.55 bits per heavy atom. The van der Waals surface area contributed by atoms with Gasteiger partial charge in [-0.2, -0.15) is 0 Å². The fourth-order valence-electron chi connectivity index (χ4n) is 4.18. The van der Waals surface area contributed by atoms with Gasteiger partial charge in [-0.05, 0) is 25.2 Å². The summed E-state index contributed by atoms with van der Waals surface area (Å²) >= 11 is 0. The van der Waals surface area contributed by atoms with Crippen molar-refractivity contribution in [2.24, 2.45) is 25.7 Å². The number of nitrogens with two attached hydrogens (primary N) is 1. The lowest BCUT2D eigenvalue weighted by molar-refractivity contribution is -0.122. The van der Waals surface area contributed by atoms with Gasteiger partial charge in [0.05, 0.1) is 6.04 Å². The molecule has 9 heteroatoms. The minimum absolute atomic E-state index is 0.0295. The maximum absolute atomic E-state index is 12.1. The number of hydrogen-bond donors (Lipinski definition) is 3. The van der Waals surface area contributed by atoms with E-state index in [0.717, 1.165) is 44.3 Å². The molecule has 0 saturated heterocycles. The van der Waals surface area contributed by atoms with Gasteiger partial charge in [0.25, 0.3) is 5.56 Å². The highest BCUT2D eigenvalue weighted by atomic mass is 16.2. The Kier molecular flexibility index (Phi) is 10.8. The van der Waals surface area contributed by atoms with E-state index in [-0.39, 0.29) is 11.5 Å². The highest BCUT2D eigenvalue weighted by molar-refractivity contribution is 5.81. The summed E-state index contributed by atoms with van der Waals surface area (Å²) in [5.74, 6) is 1.25. The molecule has 0 aromatic carbocycles. The Hall–Kier alpha value is -2.42. The largest absolute Gasteiger partial charge is 0.355 e. The molecule has 9 nitrogen and oxygen atoms in total. The summed E-state index contributed by atoms with van der Waals surface area (Å²) in [6.07, 6.45) is 11.9. The number of aryl methyl sites for hydroxylation is 3. The number of hydrogen-bond acceptors (Lipinski definition) is 5. The summed E-state index contributed by atoms with van der Waals surface area (Å²) in [4.78, 5) is 42.6. The molecule has 0 aliphatic rings. The third kappa shape index (κ3) is 8.14. The van der Waals surface area contributed by atoms with Crippen molar-refractivity contribution >= 4 is 17.1 Å². The molecule has 2 rings (SSSR count). The van der Waals surface area contributed by atoms with E-state index in [1.54, 1.807) is 11.6 Å². The van der Waals surface area contributed by atoms with Crippen LogP contribution < -0.4 is 22.3 Å². The van der Waals surface area contributed by atoms with E-state index in [4.69, 9.17) is 5.73 Å². The van der Waals surface area contributed by atoms with Gasteiger partial charge in [-0.3, -0.25) is 19.1 Å². The van der Waals surface area contributed by atoms with E-state index in [0.29, 0.717) is 23.6 Å². The molecule has 0 radical (unpaired) electrons. The number of unbranched alkanes of at least 4 members (excludes halogenated alkanes) is 8. The maximum atomic E-state index is 12.1. The van der Waals surface area contributed by atoms with Crippen LogP contribution in [0.15, 0.2) is 9.59 Å². The quantitative estimate of drug-likeness (QED) is 0.350. The number of imidazole rings is 1. The van der Waals surface area contributed by atoms with Gasteiger partial charge in [0, 0.05) is 27.1 Å². The average Bonchev–Trinajstić information content (AvgIpc) is 3.09. The van der Waals surface area contributed by atoms with Crippen molar-refractivity contribution < 1.29 is 4.79 Å². The number of aromatic nitrogens is 4. The molecule has 186 valence electrons. The van der Waals surface area contributed by atoms with Gasteiger partial charge in [-0.1, -0.05) is 58.8 Å². The average molecular weight is 463 g/mol. The topological polar surface area (TPSA) is 128 Å². The van der Waals surface area contributed by atoms with E-state index in [9.17, 15) is 14.4 Å². The fourth-order valence-corrected chi connectivity index (χ4v) is 4.18. The summed E-state index contributed by atoms with van der Waals surface area (Å²) in [5.41, 5.74) is 5.95. The predicted molar refractivity (Wildman–Crippen MR) is 132 cm³/mol. The van der Waals surface area contributed by atoms with Gasteiger partial charge in [0.1, 0.15) is 5.82 Å². The number of carbonyl (C=O) groups is 1. The number of carbonyl (C=O) groups excluding carboxylic acids is 1. The third-order valence-corrected chi connectivity index (χ3v) is 6.17. The first-order valence-electron chi connectivity index (χ1n) is 12.4. The van der Waals surface area contributed by atoms with Crippen molar-refractivity contribution in [2.75, 3.05) is 6.54 Å². The summed E-state index contributed by atoms with van der Waals surface area (Å²) < 4.78 is 3.18. The highest BCUT2D eigenvalue weighted by Crippen LogP contribution is 2.14. The van der Waals surface area contributed by atoms with Crippen LogP contribution in [0.2, 0.25) is 0 Å². The molecule has 2 heterocycles. The van der Waals surface area contributed by atoms with Crippen LogP contribution in [0.4, 0.5) is 0 Å². The minimum Gasteiger partial charge on any atom is -0.355 e. The van der Waals surface area contributed by atoms with Gasteiger partial charge in [0.15, 0.2) is 11.2 Å². The second-order valence-electron chi connectivity index (χ2n) is 9.54. The number of rotatable bonds is 15. The maximum Gasteiger partial charge on any atom is 0.329 e. The number of amides is 1. The molecule has 0 bridgehead atoms. The molecule has 0 fully saturated rings. The Bertz CT molecular complexity index is 1000. The molecule has 2 aromatic heterocycles. The number of fused-ring (bicyclic) bond motifs is 1. The first-order valence-corrected chi connectivity index (χ1v) is 12.4. The smallest absolute Gasteiger partial charge is 0.329 e. The van der Waals surface area contributed by atoms with Gasteiger partial charge in [0.2, 0.25) is 5.91 Å². The van der Waals surface area contributed by atoms with E-state index in [2.05, 4.69) is 29.1 Å². The lowest BCUT2D eigenvalue weighted by atomic mass is 10.0. The van der Waals surface area contributed by atoms with Crippen molar-refractivity contribution in [3.63, 3.8) is 0 Å². The lowest BCUT2D eigenvalue weighted by Crippen LogP contribution is -2.41. The highest BCUT2D eigenvalue weighted by Gasteiger charge is 2.15. The molecule has 2 aromatic rings. The van der Waals surface area contributed by atoms with E-state index in [1.807, 2.05) is 7.05 Å². The normalized spacial score (nSPS) is 12.5.